The van der Waals surface area contributed by atoms with E-state index in [1.165, 1.54) is 6.07 Å². The average molecular weight is 251 g/mol. The van der Waals surface area contributed by atoms with Crippen LogP contribution in [0.3, 0.4) is 0 Å². The number of hydrogen-bond donors (Lipinski definition) is 0. The van der Waals surface area contributed by atoms with Gasteiger partial charge in [0, 0.05) is 11.6 Å². The van der Waals surface area contributed by atoms with Crippen LogP contribution in [0.4, 0.5) is 5.69 Å². The van der Waals surface area contributed by atoms with Gasteiger partial charge in [-0.15, -0.1) is 0 Å². The lowest BCUT2D eigenvalue weighted by atomic mass is 10.0. The maximum atomic E-state index is 11.7. The first-order valence-electron chi connectivity index (χ1n) is 5.65. The molecule has 0 saturated heterocycles. The summed E-state index contributed by atoms with van der Waals surface area (Å²) in [5, 5.41) is 10.9. The number of hydrogen-bond acceptors (Lipinski definition) is 4. The number of nitrogens with zero attached hydrogens (tertiary/aromatic N) is 1. The highest BCUT2D eigenvalue weighted by Crippen LogP contribution is 2.23. The molecule has 0 fully saturated rings. The fourth-order valence-corrected chi connectivity index (χ4v) is 1.61. The molecule has 0 saturated carbocycles. The molecule has 0 aliphatic rings. The minimum atomic E-state index is -0.589. The van der Waals surface area contributed by atoms with E-state index >= 15 is 0 Å². The van der Waals surface area contributed by atoms with Crippen molar-refractivity contribution in [3.63, 3.8) is 0 Å². The van der Waals surface area contributed by atoms with Crippen LogP contribution in [0.1, 0.15) is 31.9 Å². The van der Waals surface area contributed by atoms with Crippen LogP contribution in [0, 0.1) is 17.0 Å². The molecule has 0 aromatic heterocycles. The Kier molecular flexibility index (Phi) is 4.06. The molecular weight excluding hydrogens is 234 g/mol. The molecule has 0 N–H and O–H groups in total. The molecule has 1 rings (SSSR count). The summed E-state index contributed by atoms with van der Waals surface area (Å²) in [5.74, 6) is -0.458. The summed E-state index contributed by atoms with van der Waals surface area (Å²) in [6, 6.07) is 4.74. The van der Waals surface area contributed by atoms with Gasteiger partial charge in [-0.1, -0.05) is 12.1 Å². The van der Waals surface area contributed by atoms with Crippen LogP contribution in [0.2, 0.25) is 0 Å². The minimum Gasteiger partial charge on any atom is -0.460 e. The topological polar surface area (TPSA) is 69.4 Å². The molecule has 5 heteroatoms. The quantitative estimate of drug-likeness (QED) is 0.470. The number of nitro benzene ring substituents is 1. The van der Waals surface area contributed by atoms with E-state index in [1.54, 1.807) is 39.8 Å². The Hall–Kier alpha value is -1.91. The predicted octanol–water partition coefficient (Wildman–Crippen LogP) is 2.79. The monoisotopic (exact) mass is 251 g/mol. The summed E-state index contributed by atoms with van der Waals surface area (Å²) >= 11 is 0. The number of esters is 1. The Labute approximate surface area is 106 Å². The lowest BCUT2D eigenvalue weighted by Gasteiger charge is -2.19. The molecule has 0 amide bonds. The maximum absolute atomic E-state index is 11.7. The molecule has 0 aliphatic heterocycles. The van der Waals surface area contributed by atoms with Gasteiger partial charge in [0.15, 0.2) is 0 Å². The zero-order chi connectivity index (χ0) is 13.9. The zero-order valence-corrected chi connectivity index (χ0v) is 11.0. The summed E-state index contributed by atoms with van der Waals surface area (Å²) in [6.07, 6.45) is -0.0831. The molecule has 0 spiro atoms. The zero-order valence-electron chi connectivity index (χ0n) is 11.0. The van der Waals surface area contributed by atoms with E-state index in [4.69, 9.17) is 4.74 Å². The predicted molar refractivity (Wildman–Crippen MR) is 67.4 cm³/mol. The van der Waals surface area contributed by atoms with Crippen LogP contribution >= 0.6 is 0 Å². The van der Waals surface area contributed by atoms with Crippen molar-refractivity contribution >= 4 is 11.7 Å². The van der Waals surface area contributed by atoms with Crippen molar-refractivity contribution in [3.8, 4) is 0 Å². The molecule has 5 nitrogen and oxygen atoms in total. The van der Waals surface area contributed by atoms with Crippen LogP contribution in [-0.4, -0.2) is 16.5 Å². The highest BCUT2D eigenvalue weighted by atomic mass is 16.6. The molecule has 0 atom stereocenters. The average Bonchev–Trinajstić information content (AvgIpc) is 2.17. The van der Waals surface area contributed by atoms with Gasteiger partial charge >= 0.3 is 5.97 Å². The number of benzene rings is 1. The van der Waals surface area contributed by atoms with E-state index in [0.717, 1.165) is 5.56 Å². The Bertz CT molecular complexity index is 474. The van der Waals surface area contributed by atoms with Crippen LogP contribution in [0.15, 0.2) is 18.2 Å². The number of carbonyl (C=O) groups is 1. The highest BCUT2D eigenvalue weighted by molar-refractivity contribution is 5.75. The third-order valence-corrected chi connectivity index (χ3v) is 2.32. The van der Waals surface area contributed by atoms with Crippen molar-refractivity contribution in [1.82, 2.24) is 0 Å². The standard InChI is InChI=1S/C13H17NO4/c1-9-6-5-7-11(14(16)17)10(9)8-12(15)18-13(2,3)4/h5-7H,8H2,1-4H3. The van der Waals surface area contributed by atoms with E-state index in [0.29, 0.717) is 5.56 Å². The summed E-state index contributed by atoms with van der Waals surface area (Å²) in [7, 11) is 0. The molecule has 0 aliphatic carbocycles. The number of carbonyl (C=O) groups excluding carboxylic acids is 1. The van der Waals surface area contributed by atoms with Crippen LogP contribution in [0.5, 0.6) is 0 Å². The van der Waals surface area contributed by atoms with E-state index in [2.05, 4.69) is 0 Å². The van der Waals surface area contributed by atoms with Gasteiger partial charge in [-0.3, -0.25) is 14.9 Å². The Morgan fingerprint density at radius 2 is 2.00 bits per heavy atom. The molecular formula is C13H17NO4. The van der Waals surface area contributed by atoms with Crippen molar-refractivity contribution in [2.45, 2.75) is 39.7 Å². The summed E-state index contributed by atoms with van der Waals surface area (Å²) < 4.78 is 5.17. The molecule has 1 aromatic carbocycles. The first kappa shape index (κ1) is 14.2. The van der Waals surface area contributed by atoms with E-state index in [9.17, 15) is 14.9 Å². The van der Waals surface area contributed by atoms with Crippen LogP contribution < -0.4 is 0 Å². The number of rotatable bonds is 3. The lowest BCUT2D eigenvalue weighted by molar-refractivity contribution is -0.385. The second-order valence-electron chi connectivity index (χ2n) is 5.09. The molecule has 0 radical (unpaired) electrons. The van der Waals surface area contributed by atoms with Crippen LogP contribution in [0.25, 0.3) is 0 Å². The fourth-order valence-electron chi connectivity index (χ4n) is 1.61. The largest absolute Gasteiger partial charge is 0.460 e. The minimum absolute atomic E-state index is 0.0409. The molecule has 1 aromatic rings. The van der Waals surface area contributed by atoms with E-state index < -0.39 is 16.5 Å². The molecule has 98 valence electrons. The van der Waals surface area contributed by atoms with Crippen LogP contribution in [-0.2, 0) is 16.0 Å². The lowest BCUT2D eigenvalue weighted by Crippen LogP contribution is -2.25. The van der Waals surface area contributed by atoms with Gasteiger partial charge in [0.25, 0.3) is 5.69 Å². The second-order valence-corrected chi connectivity index (χ2v) is 5.09. The van der Waals surface area contributed by atoms with Gasteiger partial charge in [0.2, 0.25) is 0 Å². The smallest absolute Gasteiger partial charge is 0.311 e. The molecule has 0 heterocycles. The fraction of sp³-hybridized carbons (Fsp3) is 0.462. The van der Waals surface area contributed by atoms with Crippen molar-refractivity contribution in [1.29, 1.82) is 0 Å². The second kappa shape index (κ2) is 5.16. The normalized spacial score (nSPS) is 11.1. The Balaban J connectivity index is 2.97. The van der Waals surface area contributed by atoms with Crippen molar-refractivity contribution in [2.75, 3.05) is 0 Å². The van der Waals surface area contributed by atoms with Crippen molar-refractivity contribution in [2.24, 2.45) is 0 Å². The first-order valence-corrected chi connectivity index (χ1v) is 5.65. The Morgan fingerprint density at radius 1 is 1.39 bits per heavy atom. The molecule has 0 unspecified atom stereocenters. The number of aryl methyl sites for hydroxylation is 1. The molecule has 0 bridgehead atoms. The molecule has 18 heavy (non-hydrogen) atoms. The maximum Gasteiger partial charge on any atom is 0.311 e. The van der Waals surface area contributed by atoms with E-state index in [-0.39, 0.29) is 12.1 Å². The van der Waals surface area contributed by atoms with Gasteiger partial charge in [0.05, 0.1) is 11.3 Å². The van der Waals surface area contributed by atoms with Gasteiger partial charge in [-0.25, -0.2) is 0 Å². The summed E-state index contributed by atoms with van der Waals surface area (Å²) in [4.78, 5) is 22.1. The third kappa shape index (κ3) is 3.84. The van der Waals surface area contributed by atoms with Crippen molar-refractivity contribution < 1.29 is 14.5 Å². The summed E-state index contributed by atoms with van der Waals surface area (Å²) in [5.41, 5.74) is 0.502. The first-order chi connectivity index (χ1) is 8.20. The van der Waals surface area contributed by atoms with Gasteiger partial charge in [-0.2, -0.15) is 0 Å². The summed E-state index contributed by atoms with van der Waals surface area (Å²) in [6.45, 7) is 7.03. The third-order valence-electron chi connectivity index (χ3n) is 2.32. The SMILES string of the molecule is Cc1cccc([N+](=O)[O-])c1CC(=O)OC(C)(C)C. The van der Waals surface area contributed by atoms with Gasteiger partial charge < -0.3 is 4.74 Å². The highest BCUT2D eigenvalue weighted by Gasteiger charge is 2.22. The number of nitro groups is 1. The Morgan fingerprint density at radius 3 is 2.50 bits per heavy atom. The van der Waals surface area contributed by atoms with Gasteiger partial charge in [0.1, 0.15) is 5.60 Å². The van der Waals surface area contributed by atoms with Gasteiger partial charge in [-0.05, 0) is 33.3 Å². The van der Waals surface area contributed by atoms with E-state index in [1.807, 2.05) is 0 Å². The number of ether oxygens (including phenoxy) is 1. The van der Waals surface area contributed by atoms with Crippen molar-refractivity contribution in [3.05, 3.63) is 39.4 Å².